The molecule has 0 amide bonds. The van der Waals surface area contributed by atoms with Crippen molar-refractivity contribution in [2.24, 2.45) is 0 Å². The zero-order valence-electron chi connectivity index (χ0n) is 19.0. The van der Waals surface area contributed by atoms with Crippen molar-refractivity contribution in [3.05, 3.63) is 0 Å². The van der Waals surface area contributed by atoms with Crippen molar-refractivity contribution < 1.29 is 4.74 Å². The van der Waals surface area contributed by atoms with Gasteiger partial charge in [0.05, 0.1) is 12.7 Å². The average molecular weight is 382 g/mol. The predicted molar refractivity (Wildman–Crippen MR) is 121 cm³/mol. The average Bonchev–Trinajstić information content (AvgIpc) is 3.47. The number of hydrogen-bond acceptors (Lipinski definition) is 2. The monoisotopic (exact) mass is 381 g/mol. The Morgan fingerprint density at radius 1 is 0.519 bits per heavy atom. The van der Waals surface area contributed by atoms with Crippen molar-refractivity contribution in [2.75, 3.05) is 27.2 Å². The van der Waals surface area contributed by atoms with Crippen LogP contribution in [0.5, 0.6) is 0 Å². The highest BCUT2D eigenvalue weighted by Crippen LogP contribution is 2.18. The van der Waals surface area contributed by atoms with Gasteiger partial charge in [-0.25, -0.2) is 0 Å². The second-order valence-electron chi connectivity index (χ2n) is 9.26. The zero-order chi connectivity index (χ0) is 19.4. The molecule has 1 aliphatic rings. The van der Waals surface area contributed by atoms with Gasteiger partial charge in [-0.1, -0.05) is 116 Å². The lowest BCUT2D eigenvalue weighted by Gasteiger charge is -2.08. The van der Waals surface area contributed by atoms with Crippen LogP contribution in [0.3, 0.4) is 0 Å². The van der Waals surface area contributed by atoms with E-state index in [0.717, 1.165) is 6.61 Å². The molecule has 162 valence electrons. The Labute approximate surface area is 171 Å². The van der Waals surface area contributed by atoms with E-state index >= 15 is 0 Å². The minimum Gasteiger partial charge on any atom is -0.373 e. The van der Waals surface area contributed by atoms with E-state index in [0.29, 0.717) is 6.10 Å². The van der Waals surface area contributed by atoms with E-state index in [-0.39, 0.29) is 0 Å². The Kier molecular flexibility index (Phi) is 17.8. The van der Waals surface area contributed by atoms with E-state index in [2.05, 4.69) is 19.0 Å². The van der Waals surface area contributed by atoms with Crippen molar-refractivity contribution in [3.8, 4) is 0 Å². The number of hydrogen-bond donors (Lipinski definition) is 0. The minimum atomic E-state index is 0.646. The molecule has 1 fully saturated rings. The van der Waals surface area contributed by atoms with Crippen molar-refractivity contribution in [3.63, 3.8) is 0 Å². The van der Waals surface area contributed by atoms with Gasteiger partial charge in [-0.2, -0.15) is 0 Å². The first-order valence-corrected chi connectivity index (χ1v) is 12.6. The fourth-order valence-electron chi connectivity index (χ4n) is 4.04. The van der Waals surface area contributed by atoms with E-state index in [1.165, 1.54) is 135 Å². The third-order valence-corrected chi connectivity index (χ3v) is 6.03. The molecule has 0 bridgehead atoms. The summed E-state index contributed by atoms with van der Waals surface area (Å²) in [5.41, 5.74) is 0. The molecule has 0 spiro atoms. The van der Waals surface area contributed by atoms with Crippen LogP contribution in [0.2, 0.25) is 0 Å². The number of ether oxygens (including phenoxy) is 1. The lowest BCUT2D eigenvalue weighted by atomic mass is 10.0. The number of unbranched alkanes of at least 4 members (excludes halogenated alkanes) is 18. The molecule has 0 radical (unpaired) electrons. The van der Waals surface area contributed by atoms with Gasteiger partial charge in [0.15, 0.2) is 0 Å². The fraction of sp³-hybridized carbons (Fsp3) is 1.00. The Hall–Kier alpha value is -0.0800. The van der Waals surface area contributed by atoms with Crippen molar-refractivity contribution in [1.82, 2.24) is 4.90 Å². The summed E-state index contributed by atoms with van der Waals surface area (Å²) in [6, 6.07) is 0. The summed E-state index contributed by atoms with van der Waals surface area (Å²) in [6.07, 6.45) is 29.6. The molecule has 0 saturated carbocycles. The maximum Gasteiger partial charge on any atom is 0.0810 e. The van der Waals surface area contributed by atoms with Crippen LogP contribution < -0.4 is 0 Å². The normalized spacial score (nSPS) is 16.3. The highest BCUT2D eigenvalue weighted by Gasteiger charge is 2.20. The maximum absolute atomic E-state index is 5.25. The minimum absolute atomic E-state index is 0.646. The van der Waals surface area contributed by atoms with Gasteiger partial charge in [-0.05, 0) is 33.5 Å². The van der Waals surface area contributed by atoms with Gasteiger partial charge < -0.3 is 9.64 Å². The van der Waals surface area contributed by atoms with Crippen LogP contribution in [-0.2, 0) is 4.74 Å². The van der Waals surface area contributed by atoms with Gasteiger partial charge in [0.2, 0.25) is 0 Å². The second-order valence-corrected chi connectivity index (χ2v) is 9.26. The molecule has 1 atom stereocenters. The lowest BCUT2D eigenvalue weighted by Crippen LogP contribution is -2.12. The summed E-state index contributed by atoms with van der Waals surface area (Å²) in [5.74, 6) is 0. The third-order valence-electron chi connectivity index (χ3n) is 6.03. The summed E-state index contributed by atoms with van der Waals surface area (Å²) >= 11 is 0. The number of nitrogens with zero attached hydrogens (tertiary/aromatic N) is 1. The summed E-state index contributed by atoms with van der Waals surface area (Å²) in [6.45, 7) is 2.30. The van der Waals surface area contributed by atoms with Gasteiger partial charge in [-0.3, -0.25) is 0 Å². The van der Waals surface area contributed by atoms with E-state index < -0.39 is 0 Å². The SMILES string of the molecule is CN(C)CCCCCCCCCCCCCCCCCCCCCC1CO1. The summed E-state index contributed by atoms with van der Waals surface area (Å²) in [4.78, 5) is 2.30. The maximum atomic E-state index is 5.25. The smallest absolute Gasteiger partial charge is 0.0810 e. The standard InChI is InChI=1S/C25H51NO/c1-26(2)23-21-19-17-15-13-11-9-7-5-3-4-6-8-10-12-14-16-18-20-22-25-24-27-25/h25H,3-24H2,1-2H3. The van der Waals surface area contributed by atoms with Crippen molar-refractivity contribution in [2.45, 2.75) is 135 Å². The van der Waals surface area contributed by atoms with Gasteiger partial charge in [-0.15, -0.1) is 0 Å². The number of epoxide rings is 1. The first-order valence-electron chi connectivity index (χ1n) is 12.6. The summed E-state index contributed by atoms with van der Waals surface area (Å²) in [7, 11) is 4.35. The Morgan fingerprint density at radius 3 is 1.11 bits per heavy atom. The van der Waals surface area contributed by atoms with Gasteiger partial charge in [0.1, 0.15) is 0 Å². The quantitative estimate of drug-likeness (QED) is 0.141. The van der Waals surface area contributed by atoms with Crippen LogP contribution in [0, 0.1) is 0 Å². The molecule has 1 unspecified atom stereocenters. The molecule has 2 heteroatoms. The molecule has 0 N–H and O–H groups in total. The van der Waals surface area contributed by atoms with Crippen LogP contribution in [0.15, 0.2) is 0 Å². The molecule has 0 aromatic rings. The topological polar surface area (TPSA) is 15.8 Å². The van der Waals surface area contributed by atoms with Crippen LogP contribution in [-0.4, -0.2) is 38.3 Å². The number of rotatable bonds is 22. The first kappa shape index (κ1) is 25.0. The molecule has 2 nitrogen and oxygen atoms in total. The fourth-order valence-corrected chi connectivity index (χ4v) is 4.04. The molecule has 0 aromatic heterocycles. The Balaban J connectivity index is 1.60. The summed E-state index contributed by atoms with van der Waals surface area (Å²) in [5, 5.41) is 0. The van der Waals surface area contributed by atoms with Crippen molar-refractivity contribution >= 4 is 0 Å². The van der Waals surface area contributed by atoms with Crippen molar-refractivity contribution in [1.29, 1.82) is 0 Å². The van der Waals surface area contributed by atoms with E-state index in [1.807, 2.05) is 0 Å². The molecular weight excluding hydrogens is 330 g/mol. The molecule has 0 aliphatic carbocycles. The van der Waals surface area contributed by atoms with Gasteiger partial charge >= 0.3 is 0 Å². The lowest BCUT2D eigenvalue weighted by molar-refractivity contribution is 0.387. The zero-order valence-corrected chi connectivity index (χ0v) is 19.0. The second kappa shape index (κ2) is 19.2. The highest BCUT2D eigenvalue weighted by atomic mass is 16.6. The van der Waals surface area contributed by atoms with Gasteiger partial charge in [0.25, 0.3) is 0 Å². The van der Waals surface area contributed by atoms with Gasteiger partial charge in [0, 0.05) is 0 Å². The highest BCUT2D eigenvalue weighted by molar-refractivity contribution is 4.68. The van der Waals surface area contributed by atoms with E-state index in [1.54, 1.807) is 0 Å². The molecule has 27 heavy (non-hydrogen) atoms. The molecule has 1 aliphatic heterocycles. The van der Waals surface area contributed by atoms with Crippen LogP contribution in [0.1, 0.15) is 128 Å². The predicted octanol–water partition coefficient (Wildman–Crippen LogP) is 7.75. The molecule has 1 saturated heterocycles. The molecule has 0 aromatic carbocycles. The third kappa shape index (κ3) is 20.5. The van der Waals surface area contributed by atoms with Crippen LogP contribution >= 0.6 is 0 Å². The Bertz CT molecular complexity index is 268. The van der Waals surface area contributed by atoms with Crippen LogP contribution in [0.25, 0.3) is 0 Å². The summed E-state index contributed by atoms with van der Waals surface area (Å²) < 4.78 is 5.25. The molecule has 1 heterocycles. The first-order chi connectivity index (χ1) is 13.3. The molecule has 1 rings (SSSR count). The van der Waals surface area contributed by atoms with Crippen LogP contribution in [0.4, 0.5) is 0 Å². The molecular formula is C25H51NO. The largest absolute Gasteiger partial charge is 0.373 e. The Morgan fingerprint density at radius 2 is 0.815 bits per heavy atom. The van der Waals surface area contributed by atoms with E-state index in [4.69, 9.17) is 4.74 Å². The van der Waals surface area contributed by atoms with E-state index in [9.17, 15) is 0 Å².